The lowest BCUT2D eigenvalue weighted by molar-refractivity contribution is 0.565. The summed E-state index contributed by atoms with van der Waals surface area (Å²) in [4.78, 5) is 11.5. The molecule has 2 N–H and O–H groups in total. The molecule has 5 nitrogen and oxygen atoms in total. The van der Waals surface area contributed by atoms with Crippen molar-refractivity contribution >= 4 is 30.8 Å². The Morgan fingerprint density at radius 3 is 1.86 bits per heavy atom. The van der Waals surface area contributed by atoms with Crippen molar-refractivity contribution in [3.8, 4) is 22.3 Å². The Morgan fingerprint density at radius 1 is 0.705 bits per heavy atom. The highest BCUT2D eigenvalue weighted by Gasteiger charge is 2.49. The summed E-state index contributed by atoms with van der Waals surface area (Å²) >= 11 is 0. The van der Waals surface area contributed by atoms with Crippen molar-refractivity contribution in [2.45, 2.75) is 18.8 Å². The number of benzene rings is 5. The van der Waals surface area contributed by atoms with E-state index in [0.29, 0.717) is 11.7 Å². The molecule has 1 aliphatic carbocycles. The van der Waals surface area contributed by atoms with Crippen LogP contribution in [0.1, 0.15) is 41.2 Å². The zero-order chi connectivity index (χ0) is 29.8. The van der Waals surface area contributed by atoms with Gasteiger partial charge in [0.15, 0.2) is 5.84 Å². The molecule has 1 saturated carbocycles. The molecule has 0 aromatic heterocycles. The van der Waals surface area contributed by atoms with Gasteiger partial charge < -0.3 is 9.83 Å². The quantitative estimate of drug-likeness (QED) is 0.221. The van der Waals surface area contributed by atoms with Crippen LogP contribution in [0.4, 0.5) is 0 Å². The van der Waals surface area contributed by atoms with Gasteiger partial charge in [0.1, 0.15) is 11.7 Å². The predicted octanol–water partition coefficient (Wildman–Crippen LogP) is 7.47. The Morgan fingerprint density at radius 2 is 1.25 bits per heavy atom. The third-order valence-corrected chi connectivity index (χ3v) is 9.00. The van der Waals surface area contributed by atoms with Gasteiger partial charge in [0, 0.05) is 27.7 Å². The molecule has 5 aromatic carbocycles. The largest absolute Gasteiger partial charge is 0.443 e. The second-order valence-corrected chi connectivity index (χ2v) is 11.7. The number of amidine groups is 3. The molecule has 6 heteroatoms. The third kappa shape index (κ3) is 4.18. The van der Waals surface area contributed by atoms with Crippen LogP contribution in [0.2, 0.25) is 0 Å². The Balaban J connectivity index is 1.26. The first kappa shape index (κ1) is 26.3. The molecule has 3 aliphatic rings. The summed E-state index contributed by atoms with van der Waals surface area (Å²) in [5, 5.41) is 18.6. The van der Waals surface area contributed by atoms with Gasteiger partial charge in [-0.1, -0.05) is 128 Å². The van der Waals surface area contributed by atoms with Crippen molar-refractivity contribution < 1.29 is 5.02 Å². The van der Waals surface area contributed by atoms with Crippen molar-refractivity contribution in [3.05, 3.63) is 161 Å². The second kappa shape index (κ2) is 10.1. The zero-order valence-electron chi connectivity index (χ0n) is 24.2. The molecule has 0 spiro atoms. The van der Waals surface area contributed by atoms with Gasteiger partial charge in [-0.25, -0.2) is 9.98 Å². The van der Waals surface area contributed by atoms with Crippen molar-refractivity contribution in [3.63, 3.8) is 0 Å². The number of nitrogens with one attached hydrogen (secondary N) is 1. The number of hydrogen-bond donors (Lipinski definition) is 2. The minimum absolute atomic E-state index is 0.171. The lowest BCUT2D eigenvalue weighted by Crippen LogP contribution is -2.34. The standard InChI is InChI=1S/C38H28BN4O/c1-38(28-21-26(24-12-4-2-5-13-24)20-27(22-28)25-14-6-3-7-15-25)23-33(38)34-29-16-8-10-18-31(29)36(41-34)42-37-32-19-11-9-17-30(32)35(40)43(37)39-44/h2-22,40,44H,23H2,1H3. The molecule has 5 aromatic rings. The summed E-state index contributed by atoms with van der Waals surface area (Å²) in [7, 11) is 0.907. The topological polar surface area (TPSA) is 72.0 Å². The highest BCUT2D eigenvalue weighted by Crippen LogP contribution is 2.58. The average molecular weight is 567 g/mol. The first-order valence-corrected chi connectivity index (χ1v) is 14.8. The Labute approximate surface area is 257 Å². The van der Waals surface area contributed by atoms with E-state index in [2.05, 4.69) is 91.9 Å². The highest BCUT2D eigenvalue weighted by molar-refractivity contribution is 6.45. The number of rotatable bonds is 4. The molecule has 44 heavy (non-hydrogen) atoms. The molecular formula is C38H28BN4O. The van der Waals surface area contributed by atoms with Crippen molar-refractivity contribution in [2.75, 3.05) is 0 Å². The van der Waals surface area contributed by atoms with Crippen LogP contribution in [0.5, 0.6) is 0 Å². The monoisotopic (exact) mass is 567 g/mol. The van der Waals surface area contributed by atoms with Crippen LogP contribution < -0.4 is 0 Å². The SMILES string of the molecule is CC1(c2cc(-c3ccccc3)cc(-c3ccccc3)c2)CC1=C1N=C(N=C2c3ccccc3C(=N)N2[B]O)c2ccccc21. The van der Waals surface area contributed by atoms with Crippen molar-refractivity contribution in [1.82, 2.24) is 4.81 Å². The number of aliphatic imine (C=N–C) groups is 2. The summed E-state index contributed by atoms with van der Waals surface area (Å²) in [6.45, 7) is 2.31. The maximum absolute atomic E-state index is 10.0. The molecule has 209 valence electrons. The Hall–Kier alpha value is -5.33. The Kier molecular flexibility index (Phi) is 6.07. The fraction of sp³-hybridized carbons (Fsp3) is 0.0789. The lowest BCUT2D eigenvalue weighted by atomic mass is 9.89. The minimum Gasteiger partial charge on any atom is -0.434 e. The summed E-state index contributed by atoms with van der Waals surface area (Å²) in [5.74, 6) is 1.27. The van der Waals surface area contributed by atoms with Crippen LogP contribution in [0.15, 0.2) is 143 Å². The van der Waals surface area contributed by atoms with E-state index in [4.69, 9.17) is 15.4 Å². The maximum atomic E-state index is 10.0. The van der Waals surface area contributed by atoms with Crippen LogP contribution in [-0.4, -0.2) is 35.0 Å². The number of nitrogens with zero attached hydrogens (tertiary/aromatic N) is 3. The lowest BCUT2D eigenvalue weighted by Gasteiger charge is -2.15. The number of hydrogen-bond acceptors (Lipinski definition) is 4. The van der Waals surface area contributed by atoms with E-state index in [9.17, 15) is 5.02 Å². The molecule has 2 aliphatic heterocycles. The van der Waals surface area contributed by atoms with Gasteiger partial charge in [0.25, 0.3) is 0 Å². The van der Waals surface area contributed by atoms with E-state index < -0.39 is 0 Å². The van der Waals surface area contributed by atoms with Gasteiger partial charge in [-0.15, -0.1) is 0 Å². The number of fused-ring (bicyclic) bond motifs is 2. The molecular weight excluding hydrogens is 539 g/mol. The van der Waals surface area contributed by atoms with Crippen molar-refractivity contribution in [1.29, 1.82) is 5.41 Å². The summed E-state index contributed by atoms with van der Waals surface area (Å²) in [6.07, 6.45) is 0.903. The number of allylic oxidation sites excluding steroid dienone is 1. The van der Waals surface area contributed by atoms with Gasteiger partial charge in [-0.05, 0) is 45.9 Å². The smallest absolute Gasteiger partial charge is 0.434 e. The second-order valence-electron chi connectivity index (χ2n) is 11.7. The minimum atomic E-state index is -0.171. The van der Waals surface area contributed by atoms with Crippen LogP contribution in [0.25, 0.3) is 28.0 Å². The maximum Gasteiger partial charge on any atom is 0.443 e. The fourth-order valence-electron chi connectivity index (χ4n) is 6.47. The van der Waals surface area contributed by atoms with Crippen LogP contribution in [-0.2, 0) is 5.41 Å². The molecule has 8 rings (SSSR count). The normalized spacial score (nSPS) is 20.9. The van der Waals surface area contributed by atoms with Crippen LogP contribution in [0.3, 0.4) is 0 Å². The first-order valence-electron chi connectivity index (χ1n) is 14.8. The van der Waals surface area contributed by atoms with E-state index >= 15 is 0 Å². The zero-order valence-corrected chi connectivity index (χ0v) is 24.2. The fourth-order valence-corrected chi connectivity index (χ4v) is 6.47. The van der Waals surface area contributed by atoms with E-state index in [-0.39, 0.29) is 11.3 Å². The molecule has 1 fully saturated rings. The summed E-state index contributed by atoms with van der Waals surface area (Å²) in [6, 6.07) is 43.9. The van der Waals surface area contributed by atoms with Gasteiger partial charge in [0.05, 0.1) is 5.70 Å². The van der Waals surface area contributed by atoms with Crippen LogP contribution in [0, 0.1) is 5.41 Å². The highest BCUT2D eigenvalue weighted by atomic mass is 16.2. The molecule has 0 bridgehead atoms. The molecule has 0 amide bonds. The van der Waals surface area contributed by atoms with Gasteiger partial charge in [0.2, 0.25) is 0 Å². The van der Waals surface area contributed by atoms with E-state index in [1.165, 1.54) is 38.2 Å². The van der Waals surface area contributed by atoms with Crippen LogP contribution >= 0.6 is 0 Å². The van der Waals surface area contributed by atoms with E-state index in [1.54, 1.807) is 0 Å². The van der Waals surface area contributed by atoms with E-state index in [1.807, 2.05) is 42.5 Å². The Bertz CT molecular complexity index is 2010. The molecule has 2 heterocycles. The molecule has 1 atom stereocenters. The van der Waals surface area contributed by atoms with Crippen molar-refractivity contribution in [2.24, 2.45) is 9.98 Å². The molecule has 1 radical (unpaired) electrons. The molecule has 0 saturated heterocycles. The van der Waals surface area contributed by atoms with E-state index in [0.717, 1.165) is 42.0 Å². The van der Waals surface area contributed by atoms with Gasteiger partial charge >= 0.3 is 7.62 Å². The average Bonchev–Trinajstić information content (AvgIpc) is 3.54. The predicted molar refractivity (Wildman–Crippen MR) is 179 cm³/mol. The molecule has 1 unspecified atom stereocenters. The summed E-state index contributed by atoms with van der Waals surface area (Å²) < 4.78 is 0. The third-order valence-electron chi connectivity index (χ3n) is 9.00. The van der Waals surface area contributed by atoms with Gasteiger partial charge in [-0.3, -0.25) is 5.41 Å². The summed E-state index contributed by atoms with van der Waals surface area (Å²) in [5.41, 5.74) is 11.7. The first-order chi connectivity index (χ1) is 21.5. The van der Waals surface area contributed by atoms with Gasteiger partial charge in [-0.2, -0.15) is 0 Å².